The van der Waals surface area contributed by atoms with Crippen LogP contribution in [0.2, 0.25) is 5.02 Å². The molecule has 1 aromatic rings. The first-order chi connectivity index (χ1) is 8.97. The monoisotopic (exact) mass is 279 g/mol. The van der Waals surface area contributed by atoms with Crippen LogP contribution in [-0.4, -0.2) is 30.3 Å². The maximum Gasteiger partial charge on any atom is 0.184 e. The highest BCUT2D eigenvalue weighted by Gasteiger charge is 2.43. The smallest absolute Gasteiger partial charge is 0.184 e. The Bertz CT molecular complexity index is 462. The summed E-state index contributed by atoms with van der Waals surface area (Å²) < 4.78 is 0. The van der Waals surface area contributed by atoms with Gasteiger partial charge < -0.3 is 0 Å². The van der Waals surface area contributed by atoms with Gasteiger partial charge in [-0.2, -0.15) is 0 Å². The predicted molar refractivity (Wildman–Crippen MR) is 79.8 cm³/mol. The number of halogens is 1. The van der Waals surface area contributed by atoms with Crippen molar-refractivity contribution in [3.05, 3.63) is 34.9 Å². The number of hydrogen-bond acceptors (Lipinski definition) is 2. The molecular formula is C16H22ClNO. The summed E-state index contributed by atoms with van der Waals surface area (Å²) in [4.78, 5) is 15.1. The maximum atomic E-state index is 13.0. The van der Waals surface area contributed by atoms with Crippen molar-refractivity contribution in [3.63, 3.8) is 0 Å². The number of ketones is 1. The Morgan fingerprint density at radius 3 is 2.37 bits per heavy atom. The van der Waals surface area contributed by atoms with Gasteiger partial charge in [-0.15, -0.1) is 0 Å². The zero-order chi connectivity index (χ0) is 14.0. The van der Waals surface area contributed by atoms with Crippen LogP contribution in [0.4, 0.5) is 0 Å². The highest BCUT2D eigenvalue weighted by atomic mass is 35.5. The van der Waals surface area contributed by atoms with Crippen LogP contribution in [0.3, 0.4) is 0 Å². The Hall–Kier alpha value is -0.860. The van der Waals surface area contributed by atoms with E-state index in [2.05, 4.69) is 11.8 Å². The third-order valence-electron chi connectivity index (χ3n) is 4.50. The Morgan fingerprint density at radius 1 is 1.26 bits per heavy atom. The molecule has 0 heterocycles. The summed E-state index contributed by atoms with van der Waals surface area (Å²) in [5.41, 5.74) is 0.282. The van der Waals surface area contributed by atoms with E-state index < -0.39 is 0 Å². The van der Waals surface area contributed by atoms with Gasteiger partial charge in [0.1, 0.15) is 0 Å². The molecule has 0 atom stereocenters. The minimum atomic E-state index is -0.377. The van der Waals surface area contributed by atoms with Crippen LogP contribution in [0.15, 0.2) is 24.3 Å². The molecule has 0 unspecified atom stereocenters. The van der Waals surface area contributed by atoms with Crippen LogP contribution in [0.1, 0.15) is 43.0 Å². The number of carbonyl (C=O) groups excluding carboxylic acids is 1. The SMILES string of the molecule is CC1CCC(C(=O)c2ccccc2Cl)(N(C)C)CC1. The summed E-state index contributed by atoms with van der Waals surface area (Å²) in [6.07, 6.45) is 4.05. The van der Waals surface area contributed by atoms with Gasteiger partial charge in [0, 0.05) is 5.56 Å². The number of benzene rings is 1. The molecule has 104 valence electrons. The molecule has 19 heavy (non-hydrogen) atoms. The third-order valence-corrected chi connectivity index (χ3v) is 4.83. The van der Waals surface area contributed by atoms with E-state index in [1.54, 1.807) is 6.07 Å². The van der Waals surface area contributed by atoms with E-state index in [1.807, 2.05) is 32.3 Å². The summed E-state index contributed by atoms with van der Waals surface area (Å²) in [6, 6.07) is 7.38. The van der Waals surface area contributed by atoms with E-state index in [0.29, 0.717) is 16.5 Å². The van der Waals surface area contributed by atoms with Gasteiger partial charge in [0.25, 0.3) is 0 Å². The van der Waals surface area contributed by atoms with Crippen molar-refractivity contribution in [2.45, 2.75) is 38.1 Å². The van der Waals surface area contributed by atoms with Crippen molar-refractivity contribution in [3.8, 4) is 0 Å². The first-order valence-electron chi connectivity index (χ1n) is 6.94. The molecule has 0 saturated heterocycles. The van der Waals surface area contributed by atoms with Crippen LogP contribution in [0.25, 0.3) is 0 Å². The normalized spacial score (nSPS) is 27.5. The number of rotatable bonds is 3. The molecule has 0 aliphatic heterocycles. The van der Waals surface area contributed by atoms with Crippen LogP contribution in [-0.2, 0) is 0 Å². The summed E-state index contributed by atoms with van der Waals surface area (Å²) in [5, 5.41) is 0.562. The van der Waals surface area contributed by atoms with E-state index >= 15 is 0 Å². The zero-order valence-electron chi connectivity index (χ0n) is 11.9. The summed E-state index contributed by atoms with van der Waals surface area (Å²) in [6.45, 7) is 2.26. The fourth-order valence-corrected chi connectivity index (χ4v) is 3.23. The quantitative estimate of drug-likeness (QED) is 0.779. The molecule has 3 heteroatoms. The average Bonchev–Trinajstić information content (AvgIpc) is 2.39. The molecule has 2 rings (SSSR count). The highest BCUT2D eigenvalue weighted by molar-refractivity contribution is 6.34. The fraction of sp³-hybridized carbons (Fsp3) is 0.562. The molecule has 0 radical (unpaired) electrons. The summed E-state index contributed by atoms with van der Waals surface area (Å²) in [7, 11) is 4.01. The Morgan fingerprint density at radius 2 is 1.84 bits per heavy atom. The second-order valence-electron chi connectivity index (χ2n) is 5.92. The minimum Gasteiger partial charge on any atom is -0.297 e. The standard InChI is InChI=1S/C16H22ClNO/c1-12-8-10-16(11-9-12,18(2)3)15(19)13-6-4-5-7-14(13)17/h4-7,12H,8-11H2,1-3H3. The van der Waals surface area contributed by atoms with Crippen LogP contribution >= 0.6 is 11.6 Å². The number of hydrogen-bond donors (Lipinski definition) is 0. The Labute approximate surface area is 120 Å². The Kier molecular flexibility index (Phi) is 4.32. The van der Waals surface area contributed by atoms with E-state index in [-0.39, 0.29) is 11.3 Å². The van der Waals surface area contributed by atoms with Gasteiger partial charge >= 0.3 is 0 Å². The summed E-state index contributed by atoms with van der Waals surface area (Å²) in [5.74, 6) is 0.891. The van der Waals surface area contributed by atoms with Gasteiger partial charge in [0.2, 0.25) is 0 Å². The molecule has 1 aliphatic carbocycles. The lowest BCUT2D eigenvalue weighted by atomic mass is 9.72. The van der Waals surface area contributed by atoms with Gasteiger partial charge in [0.05, 0.1) is 10.6 Å². The van der Waals surface area contributed by atoms with Gasteiger partial charge in [-0.1, -0.05) is 30.7 Å². The van der Waals surface area contributed by atoms with Crippen LogP contribution < -0.4 is 0 Å². The second kappa shape index (κ2) is 5.64. The lowest BCUT2D eigenvalue weighted by molar-refractivity contribution is 0.0513. The van der Waals surface area contributed by atoms with Gasteiger partial charge in [-0.25, -0.2) is 0 Å². The molecule has 1 aliphatic rings. The topological polar surface area (TPSA) is 20.3 Å². The van der Waals surface area contributed by atoms with Crippen molar-refractivity contribution >= 4 is 17.4 Å². The van der Waals surface area contributed by atoms with Crippen molar-refractivity contribution in [2.75, 3.05) is 14.1 Å². The van der Waals surface area contributed by atoms with Crippen molar-refractivity contribution < 1.29 is 4.79 Å². The number of nitrogens with zero attached hydrogens (tertiary/aromatic N) is 1. The first kappa shape index (κ1) is 14.5. The van der Waals surface area contributed by atoms with Crippen molar-refractivity contribution in [1.82, 2.24) is 4.90 Å². The predicted octanol–water partition coefficient (Wildman–Crippen LogP) is 4.03. The zero-order valence-corrected chi connectivity index (χ0v) is 12.7. The third kappa shape index (κ3) is 2.70. The van der Waals surface area contributed by atoms with Crippen LogP contribution in [0.5, 0.6) is 0 Å². The molecule has 0 N–H and O–H groups in total. The summed E-state index contributed by atoms with van der Waals surface area (Å²) >= 11 is 6.19. The largest absolute Gasteiger partial charge is 0.297 e. The first-order valence-corrected chi connectivity index (χ1v) is 7.32. The van der Waals surface area contributed by atoms with Gasteiger partial charge in [0.15, 0.2) is 5.78 Å². The minimum absolute atomic E-state index is 0.176. The average molecular weight is 280 g/mol. The lowest BCUT2D eigenvalue weighted by Gasteiger charge is -2.43. The number of likely N-dealkylation sites (N-methyl/N-ethyl adjacent to an activating group) is 1. The van der Waals surface area contributed by atoms with E-state index in [4.69, 9.17) is 11.6 Å². The second-order valence-corrected chi connectivity index (χ2v) is 6.32. The number of Topliss-reactive ketones (excluding diaryl/α,β-unsaturated/α-hetero) is 1. The van der Waals surface area contributed by atoms with Gasteiger partial charge in [-0.05, 0) is 57.8 Å². The molecular weight excluding hydrogens is 258 g/mol. The highest BCUT2D eigenvalue weighted by Crippen LogP contribution is 2.38. The van der Waals surface area contributed by atoms with E-state index in [9.17, 15) is 4.79 Å². The van der Waals surface area contributed by atoms with Gasteiger partial charge in [-0.3, -0.25) is 9.69 Å². The fourth-order valence-electron chi connectivity index (χ4n) is 3.01. The molecule has 0 bridgehead atoms. The molecule has 0 spiro atoms. The lowest BCUT2D eigenvalue weighted by Crippen LogP contribution is -2.53. The molecule has 1 aromatic carbocycles. The van der Waals surface area contributed by atoms with E-state index in [0.717, 1.165) is 25.7 Å². The van der Waals surface area contributed by atoms with Crippen molar-refractivity contribution in [1.29, 1.82) is 0 Å². The van der Waals surface area contributed by atoms with Crippen LogP contribution in [0, 0.1) is 5.92 Å². The van der Waals surface area contributed by atoms with Crippen molar-refractivity contribution in [2.24, 2.45) is 5.92 Å². The molecule has 0 aromatic heterocycles. The molecule has 2 nitrogen and oxygen atoms in total. The molecule has 1 fully saturated rings. The Balaban J connectivity index is 2.35. The molecule has 1 saturated carbocycles. The van der Waals surface area contributed by atoms with E-state index in [1.165, 1.54) is 0 Å². The maximum absolute atomic E-state index is 13.0. The number of carbonyl (C=O) groups is 1. The molecule has 0 amide bonds.